The van der Waals surface area contributed by atoms with Gasteiger partial charge in [0.25, 0.3) is 5.91 Å². The summed E-state index contributed by atoms with van der Waals surface area (Å²) in [6, 6.07) is 8.51. The van der Waals surface area contributed by atoms with Crippen molar-refractivity contribution in [1.82, 2.24) is 24.3 Å². The first-order chi connectivity index (χ1) is 15.5. The number of amides is 1. The Balaban J connectivity index is 1.60. The van der Waals surface area contributed by atoms with Gasteiger partial charge in [-0.15, -0.1) is 0 Å². The lowest BCUT2D eigenvalue weighted by atomic mass is 10.1. The van der Waals surface area contributed by atoms with Gasteiger partial charge in [0, 0.05) is 30.9 Å². The molecule has 164 valence electrons. The maximum absolute atomic E-state index is 13.2. The quantitative estimate of drug-likeness (QED) is 0.439. The van der Waals surface area contributed by atoms with Crippen LogP contribution in [0.15, 0.2) is 36.5 Å². The number of aromatic hydroxyl groups is 1. The van der Waals surface area contributed by atoms with E-state index in [9.17, 15) is 9.90 Å². The SMILES string of the molecule is Cc1cc2cc(n1)-c1cnn(C)c1OCCCCCn1c(nc3ccc(O)cc31)NC2=O. The molecule has 2 N–H and O–H groups in total. The predicted octanol–water partition coefficient (Wildman–Crippen LogP) is 3.66. The van der Waals surface area contributed by atoms with Crippen molar-refractivity contribution >= 4 is 22.9 Å². The summed E-state index contributed by atoms with van der Waals surface area (Å²) >= 11 is 0. The molecule has 2 bridgehead atoms. The van der Waals surface area contributed by atoms with E-state index in [4.69, 9.17) is 4.74 Å². The Morgan fingerprint density at radius 3 is 2.88 bits per heavy atom. The molecule has 0 unspecified atom stereocenters. The number of nitrogens with zero attached hydrogens (tertiary/aromatic N) is 5. The van der Waals surface area contributed by atoms with E-state index in [1.165, 1.54) is 0 Å². The molecular weight excluding hydrogens is 408 g/mol. The van der Waals surface area contributed by atoms with Crippen LogP contribution in [0.2, 0.25) is 0 Å². The number of nitrogens with one attached hydrogen (secondary N) is 1. The van der Waals surface area contributed by atoms with E-state index in [1.54, 1.807) is 41.2 Å². The first-order valence-corrected chi connectivity index (χ1v) is 10.6. The lowest BCUT2D eigenvalue weighted by molar-refractivity contribution is 0.102. The van der Waals surface area contributed by atoms with Gasteiger partial charge in [0.05, 0.1) is 35.1 Å². The van der Waals surface area contributed by atoms with Crippen molar-refractivity contribution in [3.05, 3.63) is 47.8 Å². The fourth-order valence-electron chi connectivity index (χ4n) is 4.03. The number of anilines is 1. The number of hydrogen-bond donors (Lipinski definition) is 2. The van der Waals surface area contributed by atoms with Crippen LogP contribution in [-0.2, 0) is 13.6 Å². The Morgan fingerprint density at radius 2 is 2.00 bits per heavy atom. The molecule has 1 aromatic carbocycles. The number of carbonyl (C=O) groups is 1. The van der Waals surface area contributed by atoms with E-state index < -0.39 is 0 Å². The molecule has 1 aliphatic heterocycles. The summed E-state index contributed by atoms with van der Waals surface area (Å²) in [4.78, 5) is 22.4. The predicted molar refractivity (Wildman–Crippen MR) is 120 cm³/mol. The third-order valence-electron chi connectivity index (χ3n) is 5.60. The zero-order valence-corrected chi connectivity index (χ0v) is 18.0. The van der Waals surface area contributed by atoms with Gasteiger partial charge in [-0.3, -0.25) is 15.1 Å². The van der Waals surface area contributed by atoms with Crippen LogP contribution in [-0.4, -0.2) is 41.9 Å². The molecule has 0 atom stereocenters. The average Bonchev–Trinajstić information content (AvgIpc) is 3.29. The van der Waals surface area contributed by atoms with Crippen LogP contribution in [0, 0.1) is 6.92 Å². The van der Waals surface area contributed by atoms with Crippen LogP contribution < -0.4 is 10.1 Å². The number of benzene rings is 1. The monoisotopic (exact) mass is 432 g/mol. The normalized spacial score (nSPS) is 14.6. The Hall–Kier alpha value is -3.88. The number of phenols is 1. The molecule has 0 radical (unpaired) electrons. The molecule has 9 heteroatoms. The summed E-state index contributed by atoms with van der Waals surface area (Å²) in [5.74, 6) is 0.980. The molecule has 32 heavy (non-hydrogen) atoms. The molecule has 0 spiro atoms. The number of carbonyl (C=O) groups excluding carboxylic acids is 1. The molecule has 9 nitrogen and oxygen atoms in total. The molecule has 0 fully saturated rings. The van der Waals surface area contributed by atoms with Crippen molar-refractivity contribution in [3.8, 4) is 22.9 Å². The highest BCUT2D eigenvalue weighted by atomic mass is 16.5. The summed E-state index contributed by atoms with van der Waals surface area (Å²) in [5.41, 5.74) is 4.07. The lowest BCUT2D eigenvalue weighted by Gasteiger charge is -2.11. The van der Waals surface area contributed by atoms with Crippen molar-refractivity contribution in [3.63, 3.8) is 0 Å². The number of aryl methyl sites for hydroxylation is 3. The third-order valence-corrected chi connectivity index (χ3v) is 5.60. The van der Waals surface area contributed by atoms with Crippen LogP contribution in [0.1, 0.15) is 35.3 Å². The molecular formula is C23H24N6O3. The van der Waals surface area contributed by atoms with Crippen molar-refractivity contribution in [2.45, 2.75) is 32.7 Å². The van der Waals surface area contributed by atoms with Gasteiger partial charge < -0.3 is 14.4 Å². The van der Waals surface area contributed by atoms with Crippen molar-refractivity contribution < 1.29 is 14.6 Å². The maximum atomic E-state index is 13.2. The number of ether oxygens (including phenoxy) is 1. The van der Waals surface area contributed by atoms with Gasteiger partial charge in [-0.1, -0.05) is 0 Å². The van der Waals surface area contributed by atoms with Crippen LogP contribution in [0.4, 0.5) is 5.95 Å². The highest BCUT2D eigenvalue weighted by Gasteiger charge is 2.19. The summed E-state index contributed by atoms with van der Waals surface area (Å²) < 4.78 is 9.68. The molecule has 0 aliphatic carbocycles. The first-order valence-electron chi connectivity index (χ1n) is 10.6. The van der Waals surface area contributed by atoms with Crippen LogP contribution in [0.3, 0.4) is 0 Å². The Labute approximate surface area is 184 Å². The van der Waals surface area contributed by atoms with Gasteiger partial charge in [-0.2, -0.15) is 5.10 Å². The topological polar surface area (TPSA) is 107 Å². The molecule has 3 aromatic heterocycles. The van der Waals surface area contributed by atoms with Gasteiger partial charge in [0.2, 0.25) is 11.8 Å². The van der Waals surface area contributed by atoms with Crippen molar-refractivity contribution in [1.29, 1.82) is 0 Å². The number of pyridine rings is 1. The van der Waals surface area contributed by atoms with Gasteiger partial charge >= 0.3 is 0 Å². The fourth-order valence-corrected chi connectivity index (χ4v) is 4.03. The summed E-state index contributed by atoms with van der Waals surface area (Å²) in [7, 11) is 1.83. The summed E-state index contributed by atoms with van der Waals surface area (Å²) in [6.45, 7) is 3.07. The number of rotatable bonds is 0. The highest BCUT2D eigenvalue weighted by Crippen LogP contribution is 2.30. The van der Waals surface area contributed by atoms with Gasteiger partial charge in [-0.25, -0.2) is 9.67 Å². The summed E-state index contributed by atoms with van der Waals surface area (Å²) in [5, 5.41) is 17.2. The molecule has 0 saturated carbocycles. The number of aromatic nitrogens is 5. The molecule has 4 aromatic rings. The minimum atomic E-state index is -0.279. The largest absolute Gasteiger partial charge is 0.508 e. The van der Waals surface area contributed by atoms with Crippen LogP contribution in [0.25, 0.3) is 22.3 Å². The fraction of sp³-hybridized carbons (Fsp3) is 0.304. The minimum absolute atomic E-state index is 0.164. The molecule has 5 rings (SSSR count). The van der Waals surface area contributed by atoms with E-state index >= 15 is 0 Å². The van der Waals surface area contributed by atoms with Gasteiger partial charge in [0.1, 0.15) is 5.75 Å². The summed E-state index contributed by atoms with van der Waals surface area (Å²) in [6.07, 6.45) is 4.39. The second-order valence-corrected chi connectivity index (χ2v) is 7.99. The average molecular weight is 432 g/mol. The molecule has 0 saturated heterocycles. The van der Waals surface area contributed by atoms with E-state index in [2.05, 4.69) is 20.4 Å². The van der Waals surface area contributed by atoms with E-state index in [1.807, 2.05) is 18.5 Å². The number of fused-ring (bicyclic) bond motifs is 7. The second-order valence-electron chi connectivity index (χ2n) is 7.99. The Bertz CT molecular complexity index is 1320. The molecule has 4 heterocycles. The molecule has 1 amide bonds. The van der Waals surface area contributed by atoms with Crippen molar-refractivity contribution in [2.75, 3.05) is 11.9 Å². The lowest BCUT2D eigenvalue weighted by Crippen LogP contribution is -2.16. The van der Waals surface area contributed by atoms with Crippen LogP contribution >= 0.6 is 0 Å². The number of imidazole rings is 1. The highest BCUT2D eigenvalue weighted by molar-refractivity contribution is 6.04. The minimum Gasteiger partial charge on any atom is -0.508 e. The standard InChI is InChI=1S/C23H24N6O3/c1-14-10-15-11-19(25-14)17-13-24-28(2)22(17)32-9-5-3-4-8-29-20-12-16(30)6-7-18(20)26-23(29)27-21(15)31/h6-7,10-13,30H,3-5,8-9H2,1-2H3,(H,26,27,31). The number of phenolic OH excluding ortho intramolecular Hbond substituents is 1. The van der Waals surface area contributed by atoms with E-state index in [0.29, 0.717) is 47.4 Å². The van der Waals surface area contributed by atoms with Gasteiger partial charge in [-0.05, 0) is 50.5 Å². The van der Waals surface area contributed by atoms with Gasteiger partial charge in [0.15, 0.2) is 0 Å². The number of hydrogen-bond acceptors (Lipinski definition) is 6. The second kappa shape index (κ2) is 7.99. The Morgan fingerprint density at radius 1 is 1.12 bits per heavy atom. The third kappa shape index (κ3) is 3.66. The smallest absolute Gasteiger partial charge is 0.258 e. The maximum Gasteiger partial charge on any atom is 0.258 e. The van der Waals surface area contributed by atoms with E-state index in [-0.39, 0.29) is 11.7 Å². The first kappa shape index (κ1) is 20.0. The van der Waals surface area contributed by atoms with Crippen molar-refractivity contribution in [2.24, 2.45) is 7.05 Å². The Kier molecular flexibility index (Phi) is 5.01. The zero-order chi connectivity index (χ0) is 22.2. The molecule has 1 aliphatic rings. The van der Waals surface area contributed by atoms with Crippen LogP contribution in [0.5, 0.6) is 11.6 Å². The zero-order valence-electron chi connectivity index (χ0n) is 18.0. The van der Waals surface area contributed by atoms with E-state index in [0.717, 1.165) is 30.3 Å².